The number of rotatable bonds is 3. The van der Waals surface area contributed by atoms with Gasteiger partial charge in [0.1, 0.15) is 5.78 Å². The lowest BCUT2D eigenvalue weighted by molar-refractivity contribution is -0.124. The Morgan fingerprint density at radius 2 is 2.17 bits per heavy atom. The van der Waals surface area contributed by atoms with Crippen LogP contribution in [0.15, 0.2) is 12.1 Å². The van der Waals surface area contributed by atoms with Crippen LogP contribution in [-0.2, 0) is 20.8 Å². The fourth-order valence-corrected chi connectivity index (χ4v) is 1.98. The van der Waals surface area contributed by atoms with Crippen molar-refractivity contribution in [3.63, 3.8) is 0 Å². The molecular formula is C12H11ClN2O3. The Labute approximate surface area is 109 Å². The lowest BCUT2D eigenvalue weighted by atomic mass is 10.1. The minimum atomic E-state index is -0.415. The molecule has 18 heavy (non-hydrogen) atoms. The summed E-state index contributed by atoms with van der Waals surface area (Å²) in [5.74, 6) is -0.739. The monoisotopic (exact) mass is 266 g/mol. The van der Waals surface area contributed by atoms with Gasteiger partial charge < -0.3 is 10.6 Å². The van der Waals surface area contributed by atoms with Crippen molar-refractivity contribution in [1.29, 1.82) is 0 Å². The van der Waals surface area contributed by atoms with Crippen molar-refractivity contribution in [3.8, 4) is 0 Å². The smallest absolute Gasteiger partial charge is 0.231 e. The van der Waals surface area contributed by atoms with Crippen LogP contribution in [0.4, 0.5) is 11.4 Å². The normalized spacial score (nSPS) is 12.9. The minimum absolute atomic E-state index is 0.103. The van der Waals surface area contributed by atoms with Crippen molar-refractivity contribution in [2.24, 2.45) is 0 Å². The topological polar surface area (TPSA) is 75.3 Å². The number of anilines is 2. The number of amides is 2. The van der Waals surface area contributed by atoms with Crippen LogP contribution >= 0.6 is 11.6 Å². The Bertz CT molecular complexity index is 554. The SMILES string of the molecule is CC(=O)CC(=O)Nc1cc2c(cc1Cl)NC(=O)C2. The minimum Gasteiger partial charge on any atom is -0.325 e. The molecule has 1 aliphatic rings. The zero-order valence-corrected chi connectivity index (χ0v) is 10.4. The number of hydrogen-bond acceptors (Lipinski definition) is 3. The van der Waals surface area contributed by atoms with Gasteiger partial charge in [-0.2, -0.15) is 0 Å². The molecule has 0 aromatic heterocycles. The van der Waals surface area contributed by atoms with Crippen molar-refractivity contribution in [2.75, 3.05) is 10.6 Å². The van der Waals surface area contributed by atoms with E-state index in [2.05, 4.69) is 10.6 Å². The van der Waals surface area contributed by atoms with E-state index in [0.717, 1.165) is 5.56 Å². The first-order valence-corrected chi connectivity index (χ1v) is 5.75. The van der Waals surface area contributed by atoms with Crippen molar-refractivity contribution in [2.45, 2.75) is 19.8 Å². The average molecular weight is 267 g/mol. The van der Waals surface area contributed by atoms with Gasteiger partial charge in [-0.25, -0.2) is 0 Å². The number of carbonyl (C=O) groups is 3. The number of benzene rings is 1. The predicted octanol–water partition coefficient (Wildman–Crippen LogP) is 1.75. The van der Waals surface area contributed by atoms with Crippen LogP contribution in [0.25, 0.3) is 0 Å². The molecule has 1 aromatic rings. The third-order valence-corrected chi connectivity index (χ3v) is 2.81. The van der Waals surface area contributed by atoms with Gasteiger partial charge in [0.2, 0.25) is 11.8 Å². The molecule has 0 radical (unpaired) electrons. The van der Waals surface area contributed by atoms with Crippen molar-refractivity contribution >= 4 is 40.6 Å². The number of halogens is 1. The van der Waals surface area contributed by atoms with Crippen molar-refractivity contribution in [1.82, 2.24) is 0 Å². The predicted molar refractivity (Wildman–Crippen MR) is 67.7 cm³/mol. The summed E-state index contributed by atoms with van der Waals surface area (Å²) < 4.78 is 0. The Morgan fingerprint density at radius 1 is 1.44 bits per heavy atom. The van der Waals surface area contributed by atoms with Crippen molar-refractivity contribution in [3.05, 3.63) is 22.7 Å². The van der Waals surface area contributed by atoms with Crippen LogP contribution in [0.2, 0.25) is 5.02 Å². The second-order valence-corrected chi connectivity index (χ2v) is 4.55. The first-order valence-electron chi connectivity index (χ1n) is 5.37. The first kappa shape index (κ1) is 12.6. The van der Waals surface area contributed by atoms with Gasteiger partial charge in [0, 0.05) is 5.69 Å². The highest BCUT2D eigenvalue weighted by atomic mass is 35.5. The van der Waals surface area contributed by atoms with Gasteiger partial charge >= 0.3 is 0 Å². The molecule has 2 amide bonds. The molecule has 0 atom stereocenters. The van der Waals surface area contributed by atoms with E-state index in [1.165, 1.54) is 6.92 Å². The molecule has 1 heterocycles. The number of carbonyl (C=O) groups excluding carboxylic acids is 3. The quantitative estimate of drug-likeness (QED) is 0.819. The molecule has 1 aliphatic heterocycles. The largest absolute Gasteiger partial charge is 0.325 e. The highest BCUT2D eigenvalue weighted by Crippen LogP contribution is 2.32. The lowest BCUT2D eigenvalue weighted by Gasteiger charge is -2.08. The molecular weight excluding hydrogens is 256 g/mol. The number of ketones is 1. The van der Waals surface area contributed by atoms with Gasteiger partial charge in [0.05, 0.1) is 23.6 Å². The third kappa shape index (κ3) is 2.68. The van der Waals surface area contributed by atoms with Gasteiger partial charge in [-0.1, -0.05) is 11.6 Å². The van der Waals surface area contributed by atoms with Crippen molar-refractivity contribution < 1.29 is 14.4 Å². The van der Waals surface area contributed by atoms with Gasteiger partial charge in [-0.05, 0) is 24.6 Å². The first-order chi connectivity index (χ1) is 8.45. The highest BCUT2D eigenvalue weighted by Gasteiger charge is 2.20. The molecule has 0 aliphatic carbocycles. The fourth-order valence-electron chi connectivity index (χ4n) is 1.76. The molecule has 0 spiro atoms. The molecule has 1 aromatic carbocycles. The Balaban J connectivity index is 2.20. The molecule has 0 saturated carbocycles. The lowest BCUT2D eigenvalue weighted by Crippen LogP contribution is -2.15. The maximum absolute atomic E-state index is 11.5. The molecule has 0 saturated heterocycles. The number of nitrogens with one attached hydrogen (secondary N) is 2. The zero-order chi connectivity index (χ0) is 13.3. The van der Waals surface area contributed by atoms with Crippen LogP contribution in [0.5, 0.6) is 0 Å². The summed E-state index contributed by atoms with van der Waals surface area (Å²) in [6, 6.07) is 3.23. The summed E-state index contributed by atoms with van der Waals surface area (Å²) in [6.45, 7) is 1.34. The summed E-state index contributed by atoms with van der Waals surface area (Å²) in [4.78, 5) is 33.5. The van der Waals surface area contributed by atoms with E-state index in [-0.39, 0.29) is 24.5 Å². The van der Waals surface area contributed by atoms with E-state index < -0.39 is 5.91 Å². The summed E-state index contributed by atoms with van der Waals surface area (Å²) in [5, 5.41) is 5.54. The van der Waals surface area contributed by atoms with E-state index in [1.54, 1.807) is 12.1 Å². The van der Waals surface area contributed by atoms with Gasteiger partial charge in [-0.15, -0.1) is 0 Å². The maximum atomic E-state index is 11.5. The van der Waals surface area contributed by atoms with Crippen LogP contribution in [0.1, 0.15) is 18.9 Å². The van der Waals surface area contributed by atoms with E-state index in [1.807, 2.05) is 0 Å². The second kappa shape index (κ2) is 4.78. The van der Waals surface area contributed by atoms with Crippen LogP contribution < -0.4 is 10.6 Å². The number of Topliss-reactive ketones (excluding diaryl/α,β-unsaturated/α-hetero) is 1. The molecule has 5 nitrogen and oxygen atoms in total. The molecule has 0 unspecified atom stereocenters. The van der Waals surface area contributed by atoms with Crippen LogP contribution in [0.3, 0.4) is 0 Å². The number of fused-ring (bicyclic) bond motifs is 1. The third-order valence-electron chi connectivity index (χ3n) is 2.50. The molecule has 6 heteroatoms. The van der Waals surface area contributed by atoms with E-state index in [4.69, 9.17) is 11.6 Å². The molecule has 94 valence electrons. The summed E-state index contributed by atoms with van der Waals surface area (Å²) in [7, 11) is 0. The van der Waals surface area contributed by atoms with E-state index >= 15 is 0 Å². The molecule has 2 rings (SSSR count). The average Bonchev–Trinajstić information content (AvgIpc) is 2.56. The van der Waals surface area contributed by atoms with Gasteiger partial charge in [0.25, 0.3) is 0 Å². The standard InChI is InChI=1S/C12H11ClN2O3/c1-6(16)2-11(17)15-10-3-7-4-12(18)14-9(7)5-8(10)13/h3,5H,2,4H2,1H3,(H,14,18)(H,15,17). The second-order valence-electron chi connectivity index (χ2n) is 4.14. The van der Waals surface area contributed by atoms with Crippen LogP contribution in [-0.4, -0.2) is 17.6 Å². The van der Waals surface area contributed by atoms with Crippen LogP contribution in [0, 0.1) is 0 Å². The maximum Gasteiger partial charge on any atom is 0.231 e. The van der Waals surface area contributed by atoms with Gasteiger partial charge in [-0.3, -0.25) is 14.4 Å². The summed E-state index contributed by atoms with van der Waals surface area (Å²) in [6.07, 6.45) is 0.0761. The summed E-state index contributed by atoms with van der Waals surface area (Å²) >= 11 is 5.99. The highest BCUT2D eigenvalue weighted by molar-refractivity contribution is 6.34. The Kier molecular flexibility index (Phi) is 3.34. The fraction of sp³-hybridized carbons (Fsp3) is 0.250. The number of hydrogen-bond donors (Lipinski definition) is 2. The zero-order valence-electron chi connectivity index (χ0n) is 9.67. The molecule has 0 fully saturated rings. The Morgan fingerprint density at radius 3 is 2.83 bits per heavy atom. The summed E-state index contributed by atoms with van der Waals surface area (Å²) in [5.41, 5.74) is 1.86. The molecule has 2 N–H and O–H groups in total. The van der Waals surface area contributed by atoms with E-state index in [9.17, 15) is 14.4 Å². The Hall–Kier alpha value is -1.88. The van der Waals surface area contributed by atoms with E-state index in [0.29, 0.717) is 16.4 Å². The van der Waals surface area contributed by atoms with Gasteiger partial charge in [0.15, 0.2) is 0 Å². The molecule has 0 bridgehead atoms.